The molecule has 0 saturated heterocycles. The molecule has 9 aromatic carbocycles. The second-order valence-electron chi connectivity index (χ2n) is 14.2. The summed E-state index contributed by atoms with van der Waals surface area (Å²) in [6.45, 7) is 0. The predicted molar refractivity (Wildman–Crippen MR) is 237 cm³/mol. The molecule has 0 N–H and O–H groups in total. The van der Waals surface area contributed by atoms with E-state index in [1.54, 1.807) is 0 Å². The first kappa shape index (κ1) is 33.2. The minimum Gasteiger partial charge on any atom is -0.310 e. The quantitative estimate of drug-likeness (QED) is 0.152. The van der Waals surface area contributed by atoms with Crippen molar-refractivity contribution in [3.63, 3.8) is 0 Å². The Balaban J connectivity index is 1.23. The molecule has 2 nitrogen and oxygen atoms in total. The maximum atomic E-state index is 2.43. The number of hydrogen-bond acceptors (Lipinski definition) is 1. The highest BCUT2D eigenvalue weighted by Crippen LogP contribution is 2.45. The van der Waals surface area contributed by atoms with Crippen molar-refractivity contribution in [2.45, 2.75) is 0 Å². The zero-order valence-electron chi connectivity index (χ0n) is 30.8. The maximum Gasteiger partial charge on any atom is 0.0562 e. The molecule has 0 radical (unpaired) electrons. The predicted octanol–water partition coefficient (Wildman–Crippen LogP) is 14.9. The number of anilines is 3. The number of rotatable bonds is 8. The molecule has 0 saturated carbocycles. The van der Waals surface area contributed by atoms with Crippen LogP contribution in [0.5, 0.6) is 0 Å². The Morgan fingerprint density at radius 3 is 1.36 bits per heavy atom. The number of benzene rings is 9. The molecule has 0 aliphatic heterocycles. The van der Waals surface area contributed by atoms with Crippen molar-refractivity contribution < 1.29 is 0 Å². The average Bonchev–Trinajstić information content (AvgIpc) is 3.62. The molecular formula is C54H38N2. The molecule has 0 amide bonds. The Bertz CT molecular complexity index is 2860. The number of nitrogens with zero attached hydrogens (tertiary/aromatic N) is 2. The van der Waals surface area contributed by atoms with E-state index in [1.807, 2.05) is 0 Å². The number of hydrogen-bond donors (Lipinski definition) is 0. The normalized spacial score (nSPS) is 11.2. The lowest BCUT2D eigenvalue weighted by molar-refractivity contribution is 1.18. The fraction of sp³-hybridized carbons (Fsp3) is 0. The van der Waals surface area contributed by atoms with Crippen LogP contribution in [0.2, 0.25) is 0 Å². The molecule has 10 aromatic rings. The van der Waals surface area contributed by atoms with Gasteiger partial charge in [-0.1, -0.05) is 176 Å². The summed E-state index contributed by atoms with van der Waals surface area (Å²) in [6, 6.07) is 83.1. The fourth-order valence-electron chi connectivity index (χ4n) is 8.22. The first-order valence-electron chi connectivity index (χ1n) is 19.2. The number of fused-ring (bicyclic) bond motifs is 3. The van der Waals surface area contributed by atoms with Gasteiger partial charge in [-0.15, -0.1) is 0 Å². The monoisotopic (exact) mass is 714 g/mol. The van der Waals surface area contributed by atoms with Crippen LogP contribution in [-0.4, -0.2) is 4.57 Å². The van der Waals surface area contributed by atoms with Crippen LogP contribution in [0.3, 0.4) is 0 Å². The average molecular weight is 715 g/mol. The highest BCUT2D eigenvalue weighted by molar-refractivity contribution is 6.17. The molecule has 0 spiro atoms. The van der Waals surface area contributed by atoms with Gasteiger partial charge in [0.1, 0.15) is 0 Å². The molecule has 2 heteroatoms. The van der Waals surface area contributed by atoms with E-state index in [9.17, 15) is 0 Å². The lowest BCUT2D eigenvalue weighted by atomic mass is 9.92. The van der Waals surface area contributed by atoms with Gasteiger partial charge in [-0.3, -0.25) is 0 Å². The Kier molecular flexibility index (Phi) is 8.55. The molecular weight excluding hydrogens is 677 g/mol. The van der Waals surface area contributed by atoms with Gasteiger partial charge in [0.25, 0.3) is 0 Å². The molecule has 264 valence electrons. The van der Waals surface area contributed by atoms with Crippen LogP contribution in [0.15, 0.2) is 231 Å². The third-order valence-electron chi connectivity index (χ3n) is 10.8. The third kappa shape index (κ3) is 6.04. The number of aromatic nitrogens is 1. The Morgan fingerprint density at radius 2 is 0.750 bits per heavy atom. The summed E-state index contributed by atoms with van der Waals surface area (Å²) in [5, 5.41) is 2.45. The van der Waals surface area contributed by atoms with E-state index >= 15 is 0 Å². The summed E-state index contributed by atoms with van der Waals surface area (Å²) >= 11 is 0. The van der Waals surface area contributed by atoms with Gasteiger partial charge in [-0.25, -0.2) is 0 Å². The highest BCUT2D eigenvalue weighted by Gasteiger charge is 2.21. The van der Waals surface area contributed by atoms with Crippen LogP contribution in [0, 0.1) is 0 Å². The fourth-order valence-corrected chi connectivity index (χ4v) is 8.22. The summed E-state index contributed by atoms with van der Waals surface area (Å²) in [5.41, 5.74) is 16.3. The van der Waals surface area contributed by atoms with Gasteiger partial charge in [0, 0.05) is 33.5 Å². The summed E-state index contributed by atoms with van der Waals surface area (Å²) in [7, 11) is 0. The van der Waals surface area contributed by atoms with Crippen LogP contribution in [-0.2, 0) is 0 Å². The van der Waals surface area contributed by atoms with E-state index in [4.69, 9.17) is 0 Å². The Morgan fingerprint density at radius 1 is 0.286 bits per heavy atom. The van der Waals surface area contributed by atoms with Crippen LogP contribution >= 0.6 is 0 Å². The highest BCUT2D eigenvalue weighted by atomic mass is 15.1. The summed E-state index contributed by atoms with van der Waals surface area (Å²) < 4.78 is 2.43. The topological polar surface area (TPSA) is 8.17 Å². The molecule has 0 bridgehead atoms. The Labute approximate surface area is 327 Å². The van der Waals surface area contributed by atoms with E-state index in [2.05, 4.69) is 240 Å². The minimum absolute atomic E-state index is 1.08. The molecule has 0 aliphatic carbocycles. The molecule has 1 heterocycles. The second-order valence-corrected chi connectivity index (χ2v) is 14.2. The molecule has 10 rings (SSSR count). The van der Waals surface area contributed by atoms with E-state index in [-0.39, 0.29) is 0 Å². The van der Waals surface area contributed by atoms with Gasteiger partial charge < -0.3 is 9.47 Å². The van der Waals surface area contributed by atoms with E-state index in [1.165, 1.54) is 60.8 Å². The van der Waals surface area contributed by atoms with Crippen LogP contribution < -0.4 is 4.90 Å². The smallest absolute Gasteiger partial charge is 0.0562 e. The lowest BCUT2D eigenvalue weighted by Crippen LogP contribution is -2.10. The van der Waals surface area contributed by atoms with E-state index in [0.29, 0.717) is 0 Å². The van der Waals surface area contributed by atoms with Crippen LogP contribution in [0.1, 0.15) is 0 Å². The minimum atomic E-state index is 1.08. The molecule has 1 aromatic heterocycles. The van der Waals surface area contributed by atoms with Crippen molar-refractivity contribution in [2.24, 2.45) is 0 Å². The number of para-hydroxylation sites is 1. The second kappa shape index (κ2) is 14.4. The zero-order chi connectivity index (χ0) is 37.3. The van der Waals surface area contributed by atoms with Gasteiger partial charge in [-0.05, 0) is 99.1 Å². The first-order valence-corrected chi connectivity index (χ1v) is 19.2. The van der Waals surface area contributed by atoms with E-state index < -0.39 is 0 Å². The lowest BCUT2D eigenvalue weighted by Gasteiger charge is -2.27. The standard InChI is InChI=1S/C54H38N2/c1-5-18-39(19-6-1)42-24-15-28-45(36-42)55(46-29-16-25-43(37-46)40-20-7-2-8-21-40)47-34-35-51-53(38-47)56(44-26-11-4-12-27-44)52-33-17-32-50(54(51)52)49-31-14-13-30-48(49)41-22-9-3-10-23-41/h1-38H. The van der Waals surface area contributed by atoms with Crippen molar-refractivity contribution in [3.8, 4) is 50.2 Å². The maximum absolute atomic E-state index is 2.43. The van der Waals surface area contributed by atoms with Gasteiger partial charge >= 0.3 is 0 Å². The van der Waals surface area contributed by atoms with Gasteiger partial charge in [0.15, 0.2) is 0 Å². The van der Waals surface area contributed by atoms with Gasteiger partial charge in [0.2, 0.25) is 0 Å². The third-order valence-corrected chi connectivity index (χ3v) is 10.8. The van der Waals surface area contributed by atoms with Crippen molar-refractivity contribution in [1.29, 1.82) is 0 Å². The molecule has 0 fully saturated rings. The summed E-state index contributed by atoms with van der Waals surface area (Å²) in [5.74, 6) is 0. The molecule has 0 unspecified atom stereocenters. The van der Waals surface area contributed by atoms with Gasteiger partial charge in [-0.2, -0.15) is 0 Å². The van der Waals surface area contributed by atoms with Crippen molar-refractivity contribution in [1.82, 2.24) is 4.57 Å². The van der Waals surface area contributed by atoms with E-state index in [0.717, 1.165) is 28.3 Å². The van der Waals surface area contributed by atoms with Crippen LogP contribution in [0.4, 0.5) is 17.1 Å². The zero-order valence-corrected chi connectivity index (χ0v) is 30.8. The van der Waals surface area contributed by atoms with Crippen molar-refractivity contribution >= 4 is 38.9 Å². The molecule has 0 atom stereocenters. The summed E-state index contributed by atoms with van der Waals surface area (Å²) in [4.78, 5) is 2.40. The van der Waals surface area contributed by atoms with Crippen LogP contribution in [0.25, 0.3) is 72.0 Å². The summed E-state index contributed by atoms with van der Waals surface area (Å²) in [6.07, 6.45) is 0. The molecule has 0 aliphatic rings. The van der Waals surface area contributed by atoms with Crippen molar-refractivity contribution in [3.05, 3.63) is 231 Å². The first-order chi connectivity index (χ1) is 27.8. The SMILES string of the molecule is c1ccc(-c2cccc(N(c3cccc(-c4ccccc4)c3)c3ccc4c5c(-c6ccccc6-c6ccccc6)cccc5n(-c5ccccc5)c4c3)c2)cc1. The largest absolute Gasteiger partial charge is 0.310 e. The molecule has 56 heavy (non-hydrogen) atoms. The van der Waals surface area contributed by atoms with Gasteiger partial charge in [0.05, 0.1) is 11.0 Å². The Hall–Kier alpha value is -7.42. The van der Waals surface area contributed by atoms with Crippen molar-refractivity contribution in [2.75, 3.05) is 4.90 Å².